The van der Waals surface area contributed by atoms with Crippen LogP contribution in [0.5, 0.6) is 0 Å². The molecule has 0 bridgehead atoms. The van der Waals surface area contributed by atoms with Crippen LogP contribution in [0.15, 0.2) is 30.6 Å². The molecule has 0 saturated carbocycles. The number of ether oxygens (including phenoxy) is 1. The van der Waals surface area contributed by atoms with E-state index >= 15 is 0 Å². The Morgan fingerprint density at radius 1 is 1.42 bits per heavy atom. The van der Waals surface area contributed by atoms with Crippen LogP contribution in [-0.2, 0) is 11.3 Å². The van der Waals surface area contributed by atoms with Crippen molar-refractivity contribution in [1.82, 2.24) is 14.8 Å². The van der Waals surface area contributed by atoms with E-state index < -0.39 is 0 Å². The van der Waals surface area contributed by atoms with Crippen LogP contribution in [0.1, 0.15) is 19.8 Å². The fraction of sp³-hybridized carbons (Fsp3) is 0.429. The third-order valence-electron chi connectivity index (χ3n) is 3.39. The number of aromatic nitrogens is 3. The molecule has 2 atom stereocenters. The number of nitrogens with two attached hydrogens (primary N) is 1. The van der Waals surface area contributed by atoms with Crippen molar-refractivity contribution >= 4 is 5.69 Å². The molecule has 0 aliphatic carbocycles. The van der Waals surface area contributed by atoms with Gasteiger partial charge in [-0.1, -0.05) is 12.1 Å². The maximum Gasteiger partial charge on any atom is 0.181 e. The summed E-state index contributed by atoms with van der Waals surface area (Å²) in [5.74, 6) is 0.707. The molecule has 2 aromatic rings. The van der Waals surface area contributed by atoms with Crippen LogP contribution < -0.4 is 5.73 Å². The molecule has 2 N–H and O–H groups in total. The number of hydrogen-bond donors (Lipinski definition) is 1. The standard InChI is InChI=1S/C14H18N4O/c1-10-5-6-13(19-10)8-18-9-16-14(17-18)11-3-2-4-12(15)7-11/h2-4,7,9-10,13H,5-6,8,15H2,1H3. The summed E-state index contributed by atoms with van der Waals surface area (Å²) < 4.78 is 7.64. The summed E-state index contributed by atoms with van der Waals surface area (Å²) >= 11 is 0. The summed E-state index contributed by atoms with van der Waals surface area (Å²) in [5, 5.41) is 4.48. The molecule has 3 rings (SSSR count). The summed E-state index contributed by atoms with van der Waals surface area (Å²) in [6.45, 7) is 2.87. The number of hydrogen-bond acceptors (Lipinski definition) is 4. The van der Waals surface area contributed by atoms with Crippen LogP contribution in [0.25, 0.3) is 11.4 Å². The molecular weight excluding hydrogens is 240 g/mol. The molecule has 0 radical (unpaired) electrons. The van der Waals surface area contributed by atoms with Crippen molar-refractivity contribution in [2.75, 3.05) is 5.73 Å². The smallest absolute Gasteiger partial charge is 0.181 e. The van der Waals surface area contributed by atoms with Crippen molar-refractivity contribution < 1.29 is 4.74 Å². The van der Waals surface area contributed by atoms with Gasteiger partial charge in [-0.25, -0.2) is 9.67 Å². The first kappa shape index (κ1) is 12.2. The van der Waals surface area contributed by atoms with E-state index in [0.29, 0.717) is 11.9 Å². The number of nitrogens with zero attached hydrogens (tertiary/aromatic N) is 3. The Morgan fingerprint density at radius 3 is 3.05 bits per heavy atom. The first-order chi connectivity index (χ1) is 9.20. The maximum atomic E-state index is 5.79. The first-order valence-electron chi connectivity index (χ1n) is 6.61. The SMILES string of the molecule is CC1CCC(Cn2cnc(-c3cccc(N)c3)n2)O1. The highest BCUT2D eigenvalue weighted by atomic mass is 16.5. The van der Waals surface area contributed by atoms with Crippen molar-refractivity contribution in [3.63, 3.8) is 0 Å². The van der Waals surface area contributed by atoms with Crippen LogP contribution >= 0.6 is 0 Å². The van der Waals surface area contributed by atoms with Gasteiger partial charge in [-0.15, -0.1) is 0 Å². The predicted molar refractivity (Wildman–Crippen MR) is 73.4 cm³/mol. The Kier molecular flexibility index (Phi) is 3.21. The van der Waals surface area contributed by atoms with Gasteiger partial charge in [0.25, 0.3) is 0 Å². The number of nitrogen functional groups attached to an aromatic ring is 1. The third-order valence-corrected chi connectivity index (χ3v) is 3.39. The summed E-state index contributed by atoms with van der Waals surface area (Å²) in [7, 11) is 0. The fourth-order valence-electron chi connectivity index (χ4n) is 2.42. The van der Waals surface area contributed by atoms with E-state index in [4.69, 9.17) is 10.5 Å². The second kappa shape index (κ2) is 5.01. The minimum Gasteiger partial charge on any atom is -0.399 e. The highest BCUT2D eigenvalue weighted by Crippen LogP contribution is 2.21. The van der Waals surface area contributed by atoms with E-state index in [9.17, 15) is 0 Å². The molecule has 5 nitrogen and oxygen atoms in total. The molecule has 0 amide bonds. The molecular formula is C14H18N4O. The van der Waals surface area contributed by atoms with E-state index in [2.05, 4.69) is 17.0 Å². The number of rotatable bonds is 3. The molecule has 5 heteroatoms. The van der Waals surface area contributed by atoms with Gasteiger partial charge in [0.05, 0.1) is 18.8 Å². The van der Waals surface area contributed by atoms with Crippen molar-refractivity contribution in [3.8, 4) is 11.4 Å². The monoisotopic (exact) mass is 258 g/mol. The molecule has 1 fully saturated rings. The summed E-state index contributed by atoms with van der Waals surface area (Å²) in [4.78, 5) is 4.33. The molecule has 0 spiro atoms. The van der Waals surface area contributed by atoms with Crippen LogP contribution in [0, 0.1) is 0 Å². The zero-order chi connectivity index (χ0) is 13.2. The van der Waals surface area contributed by atoms with Gasteiger partial charge < -0.3 is 10.5 Å². The lowest BCUT2D eigenvalue weighted by atomic mass is 10.2. The van der Waals surface area contributed by atoms with E-state index in [1.54, 1.807) is 6.33 Å². The fourth-order valence-corrected chi connectivity index (χ4v) is 2.42. The topological polar surface area (TPSA) is 66.0 Å². The molecule has 2 unspecified atom stereocenters. The van der Waals surface area contributed by atoms with Crippen LogP contribution in [0.2, 0.25) is 0 Å². The van der Waals surface area contributed by atoms with E-state index in [-0.39, 0.29) is 6.10 Å². The van der Waals surface area contributed by atoms with Gasteiger partial charge in [0.2, 0.25) is 0 Å². The second-order valence-corrected chi connectivity index (χ2v) is 5.06. The Bertz CT molecular complexity index is 566. The number of benzene rings is 1. The van der Waals surface area contributed by atoms with Gasteiger partial charge in [0.15, 0.2) is 5.82 Å². The molecule has 1 aromatic heterocycles. The molecule has 19 heavy (non-hydrogen) atoms. The van der Waals surface area contributed by atoms with Crippen LogP contribution in [0.4, 0.5) is 5.69 Å². The lowest BCUT2D eigenvalue weighted by molar-refractivity contribution is 0.0437. The normalized spacial score (nSPS) is 22.8. The van der Waals surface area contributed by atoms with Gasteiger partial charge in [-0.2, -0.15) is 5.10 Å². The lowest BCUT2D eigenvalue weighted by Gasteiger charge is -2.10. The highest BCUT2D eigenvalue weighted by molar-refractivity contribution is 5.60. The molecule has 1 aromatic carbocycles. The molecule has 100 valence electrons. The summed E-state index contributed by atoms with van der Waals surface area (Å²) in [6, 6.07) is 7.61. The largest absolute Gasteiger partial charge is 0.399 e. The Labute approximate surface area is 112 Å². The van der Waals surface area contributed by atoms with E-state index in [0.717, 1.165) is 30.6 Å². The average Bonchev–Trinajstić information content (AvgIpc) is 2.99. The lowest BCUT2D eigenvalue weighted by Crippen LogP contribution is -2.16. The van der Waals surface area contributed by atoms with E-state index in [1.807, 2.05) is 28.9 Å². The molecule has 1 aliphatic heterocycles. The second-order valence-electron chi connectivity index (χ2n) is 5.06. The zero-order valence-corrected chi connectivity index (χ0v) is 11.0. The summed E-state index contributed by atoms with van der Waals surface area (Å²) in [6.07, 6.45) is 4.59. The van der Waals surface area contributed by atoms with Crippen LogP contribution in [0.3, 0.4) is 0 Å². The van der Waals surface area contributed by atoms with Gasteiger partial charge >= 0.3 is 0 Å². The molecule has 2 heterocycles. The van der Waals surface area contributed by atoms with Crippen molar-refractivity contribution in [1.29, 1.82) is 0 Å². The molecule has 1 aliphatic rings. The van der Waals surface area contributed by atoms with Gasteiger partial charge in [-0.05, 0) is 31.9 Å². The Balaban J connectivity index is 1.73. The van der Waals surface area contributed by atoms with Crippen molar-refractivity contribution in [2.45, 2.75) is 38.5 Å². The van der Waals surface area contributed by atoms with Crippen molar-refractivity contribution in [3.05, 3.63) is 30.6 Å². The Morgan fingerprint density at radius 2 is 2.32 bits per heavy atom. The maximum absolute atomic E-state index is 5.79. The third kappa shape index (κ3) is 2.76. The van der Waals surface area contributed by atoms with E-state index in [1.165, 1.54) is 0 Å². The van der Waals surface area contributed by atoms with Gasteiger partial charge in [0.1, 0.15) is 6.33 Å². The molecule has 1 saturated heterocycles. The van der Waals surface area contributed by atoms with Gasteiger partial charge in [0, 0.05) is 11.3 Å². The van der Waals surface area contributed by atoms with Crippen molar-refractivity contribution in [2.24, 2.45) is 0 Å². The first-order valence-corrected chi connectivity index (χ1v) is 6.61. The Hall–Kier alpha value is -1.88. The average molecular weight is 258 g/mol. The summed E-state index contributed by atoms with van der Waals surface area (Å²) in [5.41, 5.74) is 7.44. The van der Waals surface area contributed by atoms with Gasteiger partial charge in [-0.3, -0.25) is 0 Å². The predicted octanol–water partition coefficient (Wildman–Crippen LogP) is 2.09. The zero-order valence-electron chi connectivity index (χ0n) is 11.0. The minimum atomic E-state index is 0.255. The number of anilines is 1. The highest BCUT2D eigenvalue weighted by Gasteiger charge is 2.22. The minimum absolute atomic E-state index is 0.255. The quantitative estimate of drug-likeness (QED) is 0.856. The van der Waals surface area contributed by atoms with Crippen LogP contribution in [-0.4, -0.2) is 27.0 Å².